The van der Waals surface area contributed by atoms with Crippen LogP contribution in [-0.2, 0) is 25.7 Å². The molecule has 2 aromatic heterocycles. The number of rotatable bonds is 0. The van der Waals surface area contributed by atoms with Crippen LogP contribution in [0.4, 0.5) is 0 Å². The van der Waals surface area contributed by atoms with E-state index < -0.39 is 0 Å². The number of aryl methyl sites for hydroxylation is 3. The standard InChI is InChI=1S/C22H26N2/c1-2-4-6-14-20-19-13-8-7-10-17(19)16-22(24-20)21-15-9-12-18(23-21)11-5-3-1/h1-2,9,12,15-16H,3-8,10-11,13-14H2/b2-1-. The largest absolute Gasteiger partial charge is 0.251 e. The molecule has 0 amide bonds. The molecular formula is C22H26N2. The first kappa shape index (κ1) is 15.6. The van der Waals surface area contributed by atoms with Gasteiger partial charge >= 0.3 is 0 Å². The van der Waals surface area contributed by atoms with Gasteiger partial charge < -0.3 is 0 Å². The van der Waals surface area contributed by atoms with E-state index in [1.54, 1.807) is 0 Å². The highest BCUT2D eigenvalue weighted by molar-refractivity contribution is 5.57. The van der Waals surface area contributed by atoms with Gasteiger partial charge in [0, 0.05) is 11.4 Å². The van der Waals surface area contributed by atoms with Gasteiger partial charge in [-0.3, -0.25) is 9.97 Å². The van der Waals surface area contributed by atoms with Gasteiger partial charge in [-0.2, -0.15) is 0 Å². The Bertz CT molecular complexity index is 746. The Labute approximate surface area is 145 Å². The minimum atomic E-state index is 1.05. The Morgan fingerprint density at radius 2 is 1.54 bits per heavy atom. The first-order valence-corrected chi connectivity index (χ1v) is 9.53. The van der Waals surface area contributed by atoms with Crippen molar-refractivity contribution in [2.75, 3.05) is 0 Å². The molecule has 0 N–H and O–H groups in total. The Morgan fingerprint density at radius 1 is 0.708 bits per heavy atom. The number of fused-ring (bicyclic) bond motifs is 7. The molecule has 1 aliphatic heterocycles. The molecule has 2 nitrogen and oxygen atoms in total. The Kier molecular flexibility index (Phi) is 4.73. The van der Waals surface area contributed by atoms with Crippen LogP contribution in [0.2, 0.25) is 0 Å². The summed E-state index contributed by atoms with van der Waals surface area (Å²) in [5.74, 6) is 0. The number of pyridine rings is 2. The summed E-state index contributed by atoms with van der Waals surface area (Å²) in [6, 6.07) is 8.73. The van der Waals surface area contributed by atoms with E-state index in [9.17, 15) is 0 Å². The molecule has 0 radical (unpaired) electrons. The van der Waals surface area contributed by atoms with Gasteiger partial charge in [0.15, 0.2) is 0 Å². The SMILES string of the molecule is C1=C\CCCc2nc(cc3c2CCCC3)-c2cccc(n2)CCC/1. The highest BCUT2D eigenvalue weighted by atomic mass is 14.8. The van der Waals surface area contributed by atoms with E-state index in [2.05, 4.69) is 36.4 Å². The molecule has 124 valence electrons. The topological polar surface area (TPSA) is 25.8 Å². The fraction of sp³-hybridized carbons (Fsp3) is 0.455. The first-order chi connectivity index (χ1) is 11.9. The molecule has 2 heteroatoms. The van der Waals surface area contributed by atoms with Crippen LogP contribution in [0, 0.1) is 0 Å². The second-order valence-corrected chi connectivity index (χ2v) is 7.07. The fourth-order valence-corrected chi connectivity index (χ4v) is 3.95. The number of nitrogens with zero attached hydrogens (tertiary/aromatic N) is 2. The van der Waals surface area contributed by atoms with Crippen molar-refractivity contribution < 1.29 is 0 Å². The fourth-order valence-electron chi connectivity index (χ4n) is 3.95. The van der Waals surface area contributed by atoms with Crippen LogP contribution in [0.5, 0.6) is 0 Å². The van der Waals surface area contributed by atoms with Crippen molar-refractivity contribution in [1.82, 2.24) is 9.97 Å². The third-order valence-electron chi connectivity index (χ3n) is 5.25. The maximum Gasteiger partial charge on any atom is 0.0892 e. The minimum absolute atomic E-state index is 1.05. The quantitative estimate of drug-likeness (QED) is 0.621. The molecule has 0 saturated carbocycles. The lowest BCUT2D eigenvalue weighted by atomic mass is 9.88. The molecule has 4 rings (SSSR count). The molecular weight excluding hydrogens is 292 g/mol. The van der Waals surface area contributed by atoms with Gasteiger partial charge in [-0.15, -0.1) is 0 Å². The predicted octanol–water partition coefficient (Wildman–Crippen LogP) is 5.24. The Hall–Kier alpha value is -1.96. The molecule has 0 unspecified atom stereocenters. The zero-order valence-electron chi connectivity index (χ0n) is 14.4. The lowest BCUT2D eigenvalue weighted by Gasteiger charge is -2.20. The highest BCUT2D eigenvalue weighted by Crippen LogP contribution is 2.29. The van der Waals surface area contributed by atoms with E-state index in [4.69, 9.17) is 9.97 Å². The van der Waals surface area contributed by atoms with E-state index in [0.717, 1.165) is 30.7 Å². The van der Waals surface area contributed by atoms with Gasteiger partial charge in [0.25, 0.3) is 0 Å². The van der Waals surface area contributed by atoms with Gasteiger partial charge in [0.05, 0.1) is 11.4 Å². The van der Waals surface area contributed by atoms with E-state index in [1.807, 2.05) is 0 Å². The van der Waals surface area contributed by atoms with Crippen LogP contribution in [0.3, 0.4) is 0 Å². The molecule has 2 aliphatic rings. The van der Waals surface area contributed by atoms with Gasteiger partial charge in [-0.05, 0) is 93.5 Å². The molecule has 0 fully saturated rings. The van der Waals surface area contributed by atoms with Gasteiger partial charge in [0.1, 0.15) is 0 Å². The summed E-state index contributed by atoms with van der Waals surface area (Å²) in [6.45, 7) is 0. The van der Waals surface area contributed by atoms with Crippen molar-refractivity contribution in [3.63, 3.8) is 0 Å². The number of hydrogen-bond donors (Lipinski definition) is 0. The minimum Gasteiger partial charge on any atom is -0.251 e. The third-order valence-corrected chi connectivity index (χ3v) is 5.25. The average molecular weight is 318 g/mol. The van der Waals surface area contributed by atoms with Gasteiger partial charge in [-0.25, -0.2) is 0 Å². The van der Waals surface area contributed by atoms with E-state index >= 15 is 0 Å². The van der Waals surface area contributed by atoms with Crippen molar-refractivity contribution in [2.24, 2.45) is 0 Å². The van der Waals surface area contributed by atoms with E-state index in [-0.39, 0.29) is 0 Å². The maximum atomic E-state index is 5.06. The van der Waals surface area contributed by atoms with Crippen LogP contribution >= 0.6 is 0 Å². The predicted molar refractivity (Wildman–Crippen MR) is 99.1 cm³/mol. The first-order valence-electron chi connectivity index (χ1n) is 9.53. The number of aromatic nitrogens is 2. The summed E-state index contributed by atoms with van der Waals surface area (Å²) < 4.78 is 0. The summed E-state index contributed by atoms with van der Waals surface area (Å²) >= 11 is 0. The van der Waals surface area contributed by atoms with Crippen LogP contribution in [0.25, 0.3) is 11.4 Å². The summed E-state index contributed by atoms with van der Waals surface area (Å²) in [6.07, 6.45) is 16.6. The molecule has 0 spiro atoms. The van der Waals surface area contributed by atoms with Crippen LogP contribution < -0.4 is 0 Å². The molecule has 3 heterocycles. The smallest absolute Gasteiger partial charge is 0.0892 e. The lowest BCUT2D eigenvalue weighted by Crippen LogP contribution is -2.10. The van der Waals surface area contributed by atoms with E-state index in [0.29, 0.717) is 0 Å². The zero-order valence-corrected chi connectivity index (χ0v) is 14.4. The van der Waals surface area contributed by atoms with Crippen molar-refractivity contribution in [2.45, 2.75) is 64.2 Å². The second-order valence-electron chi connectivity index (χ2n) is 7.07. The van der Waals surface area contributed by atoms with Crippen molar-refractivity contribution in [1.29, 1.82) is 0 Å². The zero-order chi connectivity index (χ0) is 16.2. The Morgan fingerprint density at radius 3 is 2.46 bits per heavy atom. The molecule has 4 bridgehead atoms. The average Bonchev–Trinajstić information content (AvgIpc) is 2.63. The lowest BCUT2D eigenvalue weighted by molar-refractivity contribution is 0.666. The van der Waals surface area contributed by atoms with Crippen LogP contribution in [0.1, 0.15) is 61.0 Å². The van der Waals surface area contributed by atoms with E-state index in [1.165, 1.54) is 67.5 Å². The van der Waals surface area contributed by atoms with Gasteiger partial charge in [-0.1, -0.05) is 18.2 Å². The van der Waals surface area contributed by atoms with Gasteiger partial charge in [0.2, 0.25) is 0 Å². The van der Waals surface area contributed by atoms with Crippen molar-refractivity contribution in [3.8, 4) is 11.4 Å². The molecule has 24 heavy (non-hydrogen) atoms. The number of allylic oxidation sites excluding steroid dienone is 2. The monoisotopic (exact) mass is 318 g/mol. The third kappa shape index (κ3) is 3.43. The summed E-state index contributed by atoms with van der Waals surface area (Å²) in [7, 11) is 0. The number of hydrogen-bond acceptors (Lipinski definition) is 2. The highest BCUT2D eigenvalue weighted by Gasteiger charge is 2.17. The summed E-state index contributed by atoms with van der Waals surface area (Å²) in [5, 5.41) is 0. The van der Waals surface area contributed by atoms with Crippen LogP contribution in [0.15, 0.2) is 36.4 Å². The molecule has 1 aliphatic carbocycles. The maximum absolute atomic E-state index is 5.06. The summed E-state index contributed by atoms with van der Waals surface area (Å²) in [5.41, 5.74) is 7.72. The normalized spacial score (nSPS) is 19.2. The van der Waals surface area contributed by atoms with Crippen molar-refractivity contribution >= 4 is 0 Å². The Balaban J connectivity index is 1.78. The summed E-state index contributed by atoms with van der Waals surface area (Å²) in [4.78, 5) is 9.96. The second kappa shape index (κ2) is 7.29. The van der Waals surface area contributed by atoms with Crippen LogP contribution in [-0.4, -0.2) is 9.97 Å². The van der Waals surface area contributed by atoms with Crippen molar-refractivity contribution in [3.05, 3.63) is 58.9 Å². The molecule has 2 aromatic rings. The molecule has 0 aromatic carbocycles. The molecule has 0 saturated heterocycles. The molecule has 0 atom stereocenters.